The molecule has 0 spiro atoms. The van der Waals surface area contributed by atoms with E-state index in [0.29, 0.717) is 18.9 Å². The van der Waals surface area contributed by atoms with Crippen molar-refractivity contribution in [1.29, 1.82) is 0 Å². The average molecular weight is 447 g/mol. The number of guanidine groups is 1. The first kappa shape index (κ1) is 19.9. The second kappa shape index (κ2) is 10.6. The molecule has 3 nitrogen and oxygen atoms in total. The third kappa shape index (κ3) is 6.47. The lowest BCUT2D eigenvalue weighted by Gasteiger charge is -2.15. The van der Waals surface area contributed by atoms with Crippen molar-refractivity contribution in [3.05, 3.63) is 58.0 Å². The zero-order valence-corrected chi connectivity index (χ0v) is 16.5. The highest BCUT2D eigenvalue weighted by Crippen LogP contribution is 2.16. The van der Waals surface area contributed by atoms with E-state index in [4.69, 9.17) is 0 Å². The smallest absolute Gasteiger partial charge is 0.191 e. The summed E-state index contributed by atoms with van der Waals surface area (Å²) in [6, 6.07) is 9.01. The minimum Gasteiger partial charge on any atom is -0.356 e. The largest absolute Gasteiger partial charge is 0.356 e. The zero-order valence-electron chi connectivity index (χ0n) is 13.4. The van der Waals surface area contributed by atoms with E-state index in [0.717, 1.165) is 18.1 Å². The van der Waals surface area contributed by atoms with E-state index in [-0.39, 0.29) is 29.8 Å². The Bertz CT molecular complexity index is 602. The molecule has 1 aromatic carbocycles. The molecule has 1 atom stereocenters. The van der Waals surface area contributed by atoms with E-state index in [9.17, 15) is 4.39 Å². The molecule has 0 radical (unpaired) electrons. The van der Waals surface area contributed by atoms with Gasteiger partial charge in [-0.25, -0.2) is 4.39 Å². The van der Waals surface area contributed by atoms with Gasteiger partial charge in [-0.05, 0) is 46.4 Å². The van der Waals surface area contributed by atoms with E-state index in [1.165, 1.54) is 11.6 Å². The maximum absolute atomic E-state index is 13.5. The molecule has 0 bridgehead atoms. The molecule has 0 aliphatic rings. The topological polar surface area (TPSA) is 36.4 Å². The second-order valence-electron chi connectivity index (χ2n) is 5.18. The van der Waals surface area contributed by atoms with Crippen LogP contribution in [0.25, 0.3) is 0 Å². The van der Waals surface area contributed by atoms with Crippen molar-refractivity contribution in [2.45, 2.75) is 19.3 Å². The molecule has 0 fully saturated rings. The number of rotatable bonds is 6. The minimum atomic E-state index is -0.154. The number of benzene rings is 1. The van der Waals surface area contributed by atoms with Crippen molar-refractivity contribution in [3.63, 3.8) is 0 Å². The summed E-state index contributed by atoms with van der Waals surface area (Å²) in [5.41, 5.74) is 2.05. The first-order chi connectivity index (χ1) is 10.7. The van der Waals surface area contributed by atoms with Gasteiger partial charge in [-0.2, -0.15) is 11.3 Å². The molecular formula is C17H23FIN3S. The molecule has 2 aromatic rings. The van der Waals surface area contributed by atoms with Crippen molar-refractivity contribution in [2.24, 2.45) is 4.99 Å². The maximum atomic E-state index is 13.5. The highest BCUT2D eigenvalue weighted by Gasteiger charge is 2.07. The number of hydrogen-bond donors (Lipinski definition) is 2. The Kier molecular flexibility index (Phi) is 9.16. The highest BCUT2D eigenvalue weighted by molar-refractivity contribution is 14.0. The summed E-state index contributed by atoms with van der Waals surface area (Å²) >= 11 is 1.71. The number of nitrogens with zero attached hydrogens (tertiary/aromatic N) is 1. The highest BCUT2D eigenvalue weighted by atomic mass is 127. The molecule has 0 aliphatic heterocycles. The molecule has 1 heterocycles. The van der Waals surface area contributed by atoms with Crippen LogP contribution in [-0.4, -0.2) is 26.1 Å². The van der Waals surface area contributed by atoms with Crippen LogP contribution in [0.3, 0.4) is 0 Å². The van der Waals surface area contributed by atoms with Crippen LogP contribution in [0, 0.1) is 5.82 Å². The summed E-state index contributed by atoms with van der Waals surface area (Å²) in [5.74, 6) is 1.02. The molecule has 0 aliphatic carbocycles. The molecule has 2 N–H and O–H groups in total. The van der Waals surface area contributed by atoms with Crippen LogP contribution in [0.4, 0.5) is 4.39 Å². The Morgan fingerprint density at radius 3 is 2.70 bits per heavy atom. The zero-order chi connectivity index (χ0) is 15.8. The van der Waals surface area contributed by atoms with Gasteiger partial charge in [0, 0.05) is 20.1 Å². The van der Waals surface area contributed by atoms with Gasteiger partial charge >= 0.3 is 0 Å². The fraction of sp³-hybridized carbons (Fsp3) is 0.353. The quantitative estimate of drug-likeness (QED) is 0.399. The van der Waals surface area contributed by atoms with Crippen LogP contribution in [0.15, 0.2) is 46.1 Å². The van der Waals surface area contributed by atoms with E-state index < -0.39 is 0 Å². The Morgan fingerprint density at radius 1 is 1.26 bits per heavy atom. The van der Waals surface area contributed by atoms with E-state index in [2.05, 4.69) is 39.4 Å². The fourth-order valence-corrected chi connectivity index (χ4v) is 2.94. The molecule has 6 heteroatoms. The van der Waals surface area contributed by atoms with Gasteiger partial charge in [0.15, 0.2) is 5.96 Å². The standard InChI is InChI=1S/C17H22FN3S.HI/c1-13(15-8-10-22-12-15)11-21-17(19-2)20-9-7-14-5-3-4-6-16(14)18;/h3-6,8,10,12-13H,7,9,11H2,1-2H3,(H2,19,20,21);1H. The van der Waals surface area contributed by atoms with Gasteiger partial charge in [-0.15, -0.1) is 24.0 Å². The first-order valence-corrected chi connectivity index (χ1v) is 8.35. The van der Waals surface area contributed by atoms with Crippen LogP contribution in [-0.2, 0) is 6.42 Å². The molecule has 1 aromatic heterocycles. The van der Waals surface area contributed by atoms with Crippen LogP contribution < -0.4 is 10.6 Å². The van der Waals surface area contributed by atoms with Crippen molar-refractivity contribution in [2.75, 3.05) is 20.1 Å². The van der Waals surface area contributed by atoms with E-state index >= 15 is 0 Å². The van der Waals surface area contributed by atoms with Gasteiger partial charge in [-0.1, -0.05) is 25.1 Å². The van der Waals surface area contributed by atoms with Crippen LogP contribution in [0.5, 0.6) is 0 Å². The first-order valence-electron chi connectivity index (χ1n) is 7.40. The summed E-state index contributed by atoms with van der Waals surface area (Å²) in [4.78, 5) is 4.20. The third-order valence-corrected chi connectivity index (χ3v) is 4.26. The molecule has 1 unspecified atom stereocenters. The molecule has 126 valence electrons. The molecule has 2 rings (SSSR count). The van der Waals surface area contributed by atoms with Crippen molar-refractivity contribution < 1.29 is 4.39 Å². The molecular weight excluding hydrogens is 424 g/mol. The summed E-state index contributed by atoms with van der Waals surface area (Å²) in [7, 11) is 1.74. The van der Waals surface area contributed by atoms with Gasteiger partial charge in [0.1, 0.15) is 5.82 Å². The molecule has 23 heavy (non-hydrogen) atoms. The number of hydrogen-bond acceptors (Lipinski definition) is 2. The van der Waals surface area contributed by atoms with Gasteiger partial charge in [0.05, 0.1) is 0 Å². The van der Waals surface area contributed by atoms with Crippen molar-refractivity contribution in [1.82, 2.24) is 10.6 Å². The van der Waals surface area contributed by atoms with Crippen LogP contribution in [0.1, 0.15) is 24.0 Å². The predicted molar refractivity (Wildman–Crippen MR) is 108 cm³/mol. The third-order valence-electron chi connectivity index (χ3n) is 3.56. The van der Waals surface area contributed by atoms with Crippen molar-refractivity contribution >= 4 is 41.3 Å². The Balaban J connectivity index is 0.00000264. The SMILES string of the molecule is CN=C(NCCc1ccccc1F)NCC(C)c1ccsc1.I. The van der Waals surface area contributed by atoms with Crippen LogP contribution in [0.2, 0.25) is 0 Å². The number of thiophene rings is 1. The lowest BCUT2D eigenvalue weighted by atomic mass is 10.1. The molecule has 0 saturated carbocycles. The van der Waals surface area contributed by atoms with Crippen LogP contribution >= 0.6 is 35.3 Å². The average Bonchev–Trinajstić information content (AvgIpc) is 3.06. The number of aliphatic imine (C=N–C) groups is 1. The number of nitrogens with one attached hydrogen (secondary N) is 2. The lowest BCUT2D eigenvalue weighted by molar-refractivity contribution is 0.606. The minimum absolute atomic E-state index is 0. The van der Waals surface area contributed by atoms with Gasteiger partial charge in [0.25, 0.3) is 0 Å². The Hall–Kier alpha value is -1.15. The van der Waals surface area contributed by atoms with E-state index in [1.807, 2.05) is 12.1 Å². The predicted octanol–water partition coefficient (Wildman–Crippen LogP) is 4.02. The monoisotopic (exact) mass is 447 g/mol. The summed E-state index contributed by atoms with van der Waals surface area (Å²) in [6.45, 7) is 3.64. The summed E-state index contributed by atoms with van der Waals surface area (Å²) in [5, 5.41) is 10.8. The molecule has 0 saturated heterocycles. The van der Waals surface area contributed by atoms with Gasteiger partial charge in [0.2, 0.25) is 0 Å². The maximum Gasteiger partial charge on any atom is 0.191 e. The van der Waals surface area contributed by atoms with E-state index in [1.54, 1.807) is 24.5 Å². The number of halogens is 2. The Labute approximate surface area is 158 Å². The Morgan fingerprint density at radius 2 is 2.04 bits per heavy atom. The van der Waals surface area contributed by atoms with Gasteiger partial charge in [-0.3, -0.25) is 4.99 Å². The molecule has 0 amide bonds. The normalized spacial score (nSPS) is 12.4. The van der Waals surface area contributed by atoms with Crippen molar-refractivity contribution in [3.8, 4) is 0 Å². The fourth-order valence-electron chi connectivity index (χ4n) is 2.16. The van der Waals surface area contributed by atoms with Gasteiger partial charge < -0.3 is 10.6 Å². The summed E-state index contributed by atoms with van der Waals surface area (Å²) in [6.07, 6.45) is 0.632. The second-order valence-corrected chi connectivity index (χ2v) is 5.96. The summed E-state index contributed by atoms with van der Waals surface area (Å²) < 4.78 is 13.5. The lowest BCUT2D eigenvalue weighted by Crippen LogP contribution is -2.39.